The Balaban J connectivity index is 3.03. The number of rotatable bonds is 6. The lowest BCUT2D eigenvalue weighted by atomic mass is 10.1. The Bertz CT molecular complexity index is 487. The number of alkyl halides is 3. The van der Waals surface area contributed by atoms with Gasteiger partial charge in [-0.3, -0.25) is 4.79 Å². The molecule has 1 amide bonds. The first-order chi connectivity index (χ1) is 9.75. The van der Waals surface area contributed by atoms with Gasteiger partial charge in [-0.1, -0.05) is 13.8 Å². The van der Waals surface area contributed by atoms with Gasteiger partial charge in [0.1, 0.15) is 12.4 Å². The SMILES string of the molecule is COCCOc1ccc(C(F)(F)F)cc1NC(=O)C(C)C. The molecule has 21 heavy (non-hydrogen) atoms. The van der Waals surface area contributed by atoms with Gasteiger partial charge in [0.15, 0.2) is 0 Å². The summed E-state index contributed by atoms with van der Waals surface area (Å²) in [4.78, 5) is 11.7. The van der Waals surface area contributed by atoms with Crippen molar-refractivity contribution in [3.8, 4) is 5.75 Å². The molecule has 1 aromatic carbocycles. The van der Waals surface area contributed by atoms with Crippen molar-refractivity contribution in [2.24, 2.45) is 5.92 Å². The van der Waals surface area contributed by atoms with E-state index < -0.39 is 11.7 Å². The standard InChI is InChI=1S/C14H18F3NO3/c1-9(2)13(19)18-11-8-10(14(15,16)17)4-5-12(11)21-7-6-20-3/h4-5,8-9H,6-7H2,1-3H3,(H,18,19). The van der Waals surface area contributed by atoms with E-state index in [2.05, 4.69) is 5.32 Å². The van der Waals surface area contributed by atoms with Crippen molar-refractivity contribution in [3.05, 3.63) is 23.8 Å². The first-order valence-corrected chi connectivity index (χ1v) is 6.39. The maximum Gasteiger partial charge on any atom is 0.416 e. The summed E-state index contributed by atoms with van der Waals surface area (Å²) >= 11 is 0. The number of carbonyl (C=O) groups is 1. The Labute approximate surface area is 121 Å². The molecule has 0 bridgehead atoms. The predicted molar refractivity (Wildman–Crippen MR) is 72.3 cm³/mol. The summed E-state index contributed by atoms with van der Waals surface area (Å²) < 4.78 is 48.3. The van der Waals surface area contributed by atoms with Crippen LogP contribution >= 0.6 is 0 Å². The highest BCUT2D eigenvalue weighted by molar-refractivity contribution is 5.93. The van der Waals surface area contributed by atoms with Crippen molar-refractivity contribution in [1.29, 1.82) is 0 Å². The molecule has 0 unspecified atom stereocenters. The zero-order valence-corrected chi connectivity index (χ0v) is 12.1. The van der Waals surface area contributed by atoms with Crippen molar-refractivity contribution in [1.82, 2.24) is 0 Å². The lowest BCUT2D eigenvalue weighted by molar-refractivity contribution is -0.137. The molecule has 0 aliphatic rings. The van der Waals surface area contributed by atoms with Crippen molar-refractivity contribution in [2.75, 3.05) is 25.6 Å². The molecule has 1 rings (SSSR count). The fraction of sp³-hybridized carbons (Fsp3) is 0.500. The number of hydrogen-bond acceptors (Lipinski definition) is 3. The van der Waals surface area contributed by atoms with Gasteiger partial charge in [-0.2, -0.15) is 13.2 Å². The van der Waals surface area contributed by atoms with Crippen molar-refractivity contribution < 1.29 is 27.4 Å². The predicted octanol–water partition coefficient (Wildman–Crippen LogP) is 3.33. The van der Waals surface area contributed by atoms with E-state index in [9.17, 15) is 18.0 Å². The highest BCUT2D eigenvalue weighted by atomic mass is 19.4. The Morgan fingerprint density at radius 1 is 1.29 bits per heavy atom. The van der Waals surface area contributed by atoms with Crippen LogP contribution in [0.5, 0.6) is 5.75 Å². The molecule has 0 atom stereocenters. The van der Waals surface area contributed by atoms with E-state index in [0.29, 0.717) is 6.61 Å². The van der Waals surface area contributed by atoms with Gasteiger partial charge in [-0.05, 0) is 18.2 Å². The molecule has 0 aromatic heterocycles. The van der Waals surface area contributed by atoms with E-state index >= 15 is 0 Å². The summed E-state index contributed by atoms with van der Waals surface area (Å²) in [5.41, 5.74) is -0.847. The maximum atomic E-state index is 12.7. The highest BCUT2D eigenvalue weighted by Crippen LogP contribution is 2.35. The Hall–Kier alpha value is -1.76. The highest BCUT2D eigenvalue weighted by Gasteiger charge is 2.31. The van der Waals surface area contributed by atoms with Crippen LogP contribution in [0.4, 0.5) is 18.9 Å². The van der Waals surface area contributed by atoms with E-state index in [-0.39, 0.29) is 29.9 Å². The molecule has 1 aromatic rings. The normalized spacial score (nSPS) is 11.6. The topological polar surface area (TPSA) is 47.6 Å². The van der Waals surface area contributed by atoms with Gasteiger partial charge in [0, 0.05) is 13.0 Å². The largest absolute Gasteiger partial charge is 0.489 e. The molecule has 4 nitrogen and oxygen atoms in total. The lowest BCUT2D eigenvalue weighted by Crippen LogP contribution is -2.19. The van der Waals surface area contributed by atoms with Crippen LogP contribution in [0.3, 0.4) is 0 Å². The van der Waals surface area contributed by atoms with E-state index in [1.807, 2.05) is 0 Å². The first-order valence-electron chi connectivity index (χ1n) is 6.39. The first kappa shape index (κ1) is 17.3. The summed E-state index contributed by atoms with van der Waals surface area (Å²) in [5.74, 6) is -0.564. The zero-order chi connectivity index (χ0) is 16.0. The second-order valence-corrected chi connectivity index (χ2v) is 4.69. The fourth-order valence-electron chi connectivity index (χ4n) is 1.44. The van der Waals surface area contributed by atoms with Gasteiger partial charge in [0.25, 0.3) is 0 Å². The van der Waals surface area contributed by atoms with E-state index in [1.165, 1.54) is 13.2 Å². The number of ether oxygens (including phenoxy) is 2. The molecule has 0 aliphatic heterocycles. The zero-order valence-electron chi connectivity index (χ0n) is 12.1. The minimum absolute atomic E-state index is 0.000344. The molecule has 118 valence electrons. The lowest BCUT2D eigenvalue weighted by Gasteiger charge is -2.16. The second-order valence-electron chi connectivity index (χ2n) is 4.69. The van der Waals surface area contributed by atoms with Gasteiger partial charge in [-0.15, -0.1) is 0 Å². The van der Waals surface area contributed by atoms with Crippen molar-refractivity contribution >= 4 is 11.6 Å². The quantitative estimate of drug-likeness (QED) is 0.820. The van der Waals surface area contributed by atoms with Crippen LogP contribution in [0.1, 0.15) is 19.4 Å². The number of nitrogens with one attached hydrogen (secondary N) is 1. The van der Waals surface area contributed by atoms with Crippen molar-refractivity contribution in [3.63, 3.8) is 0 Å². The Morgan fingerprint density at radius 2 is 1.95 bits per heavy atom. The van der Waals surface area contributed by atoms with Crippen LogP contribution < -0.4 is 10.1 Å². The van der Waals surface area contributed by atoms with Crippen LogP contribution in [0.15, 0.2) is 18.2 Å². The molecular weight excluding hydrogens is 287 g/mol. The molecule has 0 fully saturated rings. The van der Waals surface area contributed by atoms with E-state index in [1.54, 1.807) is 13.8 Å². The molecule has 0 radical (unpaired) electrons. The van der Waals surface area contributed by atoms with Gasteiger partial charge in [-0.25, -0.2) is 0 Å². The molecule has 7 heteroatoms. The monoisotopic (exact) mass is 305 g/mol. The minimum Gasteiger partial charge on any atom is -0.489 e. The number of amides is 1. The molecule has 0 aliphatic carbocycles. The van der Waals surface area contributed by atoms with Crippen LogP contribution in [-0.4, -0.2) is 26.2 Å². The fourth-order valence-corrected chi connectivity index (χ4v) is 1.44. The third kappa shape index (κ3) is 5.26. The van der Waals surface area contributed by atoms with Crippen LogP contribution in [0.25, 0.3) is 0 Å². The number of anilines is 1. The number of benzene rings is 1. The number of methoxy groups -OCH3 is 1. The molecule has 0 saturated carbocycles. The maximum absolute atomic E-state index is 12.7. The summed E-state index contributed by atoms with van der Waals surface area (Å²) in [7, 11) is 1.48. The van der Waals surface area contributed by atoms with Crippen LogP contribution in [0.2, 0.25) is 0 Å². The third-order valence-corrected chi connectivity index (χ3v) is 2.63. The van der Waals surface area contributed by atoms with Crippen LogP contribution in [-0.2, 0) is 15.7 Å². The third-order valence-electron chi connectivity index (χ3n) is 2.63. The average Bonchev–Trinajstić information content (AvgIpc) is 2.39. The summed E-state index contributed by atoms with van der Waals surface area (Å²) in [6.07, 6.45) is -4.48. The van der Waals surface area contributed by atoms with Crippen molar-refractivity contribution in [2.45, 2.75) is 20.0 Å². The molecule has 0 heterocycles. The number of halogens is 3. The Morgan fingerprint density at radius 3 is 2.48 bits per heavy atom. The molecule has 1 N–H and O–H groups in total. The summed E-state index contributed by atoms with van der Waals surface area (Å²) in [6, 6.07) is 2.96. The summed E-state index contributed by atoms with van der Waals surface area (Å²) in [6.45, 7) is 3.76. The van der Waals surface area contributed by atoms with Crippen LogP contribution in [0, 0.1) is 5.92 Å². The van der Waals surface area contributed by atoms with E-state index in [4.69, 9.17) is 9.47 Å². The van der Waals surface area contributed by atoms with Gasteiger partial charge in [0.05, 0.1) is 17.9 Å². The number of hydrogen-bond donors (Lipinski definition) is 1. The minimum atomic E-state index is -4.48. The molecule has 0 spiro atoms. The van der Waals surface area contributed by atoms with E-state index in [0.717, 1.165) is 12.1 Å². The smallest absolute Gasteiger partial charge is 0.416 e. The number of carbonyl (C=O) groups excluding carboxylic acids is 1. The van der Waals surface area contributed by atoms with Gasteiger partial charge in [0.2, 0.25) is 5.91 Å². The molecular formula is C14H18F3NO3. The van der Waals surface area contributed by atoms with Gasteiger partial charge >= 0.3 is 6.18 Å². The average molecular weight is 305 g/mol. The van der Waals surface area contributed by atoms with Gasteiger partial charge < -0.3 is 14.8 Å². The molecule has 0 saturated heterocycles. The Kier molecular flexibility index (Phi) is 6.02. The second kappa shape index (κ2) is 7.31. The summed E-state index contributed by atoms with van der Waals surface area (Å²) in [5, 5.41) is 2.44.